The first kappa shape index (κ1) is 13.1. The molecule has 16 heavy (non-hydrogen) atoms. The Morgan fingerprint density at radius 3 is 2.75 bits per heavy atom. The van der Waals surface area contributed by atoms with Crippen LogP contribution in [0.25, 0.3) is 0 Å². The molecular weight excluding hydrogens is 270 g/mol. The van der Waals surface area contributed by atoms with Crippen LogP contribution in [0, 0.1) is 13.8 Å². The number of nitrogens with zero attached hydrogens (tertiary/aromatic N) is 3. The fourth-order valence-corrected chi connectivity index (χ4v) is 1.62. The number of amides is 1. The quantitative estimate of drug-likeness (QED) is 0.795. The van der Waals surface area contributed by atoms with Crippen molar-refractivity contribution in [1.82, 2.24) is 15.1 Å². The van der Waals surface area contributed by atoms with Crippen molar-refractivity contribution >= 4 is 21.8 Å². The molecule has 1 heterocycles. The van der Waals surface area contributed by atoms with E-state index in [2.05, 4.69) is 26.1 Å². The van der Waals surface area contributed by atoms with E-state index in [0.717, 1.165) is 24.0 Å². The largest absolute Gasteiger partial charge is 0.342 e. The van der Waals surface area contributed by atoms with E-state index in [9.17, 15) is 4.79 Å². The SMILES string of the molecule is Cc1cc(C(=O)N(C)CCCBr)c(C)nn1. The van der Waals surface area contributed by atoms with Crippen molar-refractivity contribution in [3.05, 3.63) is 23.0 Å². The van der Waals surface area contributed by atoms with Crippen molar-refractivity contribution in [3.63, 3.8) is 0 Å². The molecule has 0 aliphatic carbocycles. The summed E-state index contributed by atoms with van der Waals surface area (Å²) in [5.74, 6) is 0.0106. The molecule has 88 valence electrons. The highest BCUT2D eigenvalue weighted by Crippen LogP contribution is 2.08. The first-order valence-corrected chi connectivity index (χ1v) is 6.30. The molecule has 0 radical (unpaired) electrons. The first-order chi connectivity index (χ1) is 7.56. The standard InChI is InChI=1S/C11H16BrN3O/c1-8-7-10(9(2)14-13-8)11(16)15(3)6-4-5-12/h7H,4-6H2,1-3H3. The van der Waals surface area contributed by atoms with Gasteiger partial charge in [0.2, 0.25) is 0 Å². The molecule has 0 aliphatic heterocycles. The zero-order valence-corrected chi connectivity index (χ0v) is 11.4. The number of hydrogen-bond donors (Lipinski definition) is 0. The maximum Gasteiger partial charge on any atom is 0.255 e. The zero-order valence-electron chi connectivity index (χ0n) is 9.83. The van der Waals surface area contributed by atoms with Crippen molar-refractivity contribution < 1.29 is 4.79 Å². The number of alkyl halides is 1. The fraction of sp³-hybridized carbons (Fsp3) is 0.545. The lowest BCUT2D eigenvalue weighted by Crippen LogP contribution is -2.29. The number of carbonyl (C=O) groups excluding carboxylic acids is 1. The van der Waals surface area contributed by atoms with E-state index in [1.807, 2.05) is 6.92 Å². The van der Waals surface area contributed by atoms with E-state index in [1.54, 1.807) is 24.9 Å². The average molecular weight is 286 g/mol. The van der Waals surface area contributed by atoms with E-state index < -0.39 is 0 Å². The average Bonchev–Trinajstić information content (AvgIpc) is 2.28. The maximum atomic E-state index is 12.1. The predicted octanol–water partition coefficient (Wildman–Crippen LogP) is 1.95. The molecule has 4 nitrogen and oxygen atoms in total. The third-order valence-electron chi connectivity index (χ3n) is 2.31. The summed E-state index contributed by atoms with van der Waals surface area (Å²) in [5.41, 5.74) is 2.09. The molecule has 5 heteroatoms. The molecule has 0 saturated heterocycles. The summed E-state index contributed by atoms with van der Waals surface area (Å²) < 4.78 is 0. The van der Waals surface area contributed by atoms with E-state index in [-0.39, 0.29) is 5.91 Å². The van der Waals surface area contributed by atoms with Crippen molar-refractivity contribution in [3.8, 4) is 0 Å². The van der Waals surface area contributed by atoms with E-state index >= 15 is 0 Å². The Hall–Kier alpha value is -0.970. The number of aromatic nitrogens is 2. The van der Waals surface area contributed by atoms with Gasteiger partial charge in [-0.3, -0.25) is 4.79 Å². The van der Waals surface area contributed by atoms with Crippen LogP contribution in [0.15, 0.2) is 6.07 Å². The first-order valence-electron chi connectivity index (χ1n) is 5.18. The summed E-state index contributed by atoms with van der Waals surface area (Å²) in [6.07, 6.45) is 0.943. The van der Waals surface area contributed by atoms with Crippen molar-refractivity contribution in [2.24, 2.45) is 0 Å². The van der Waals surface area contributed by atoms with Gasteiger partial charge in [-0.1, -0.05) is 15.9 Å². The van der Waals surface area contributed by atoms with E-state index in [1.165, 1.54) is 0 Å². The molecular formula is C11H16BrN3O. The summed E-state index contributed by atoms with van der Waals surface area (Å²) in [5, 5.41) is 8.77. The highest BCUT2D eigenvalue weighted by molar-refractivity contribution is 9.09. The lowest BCUT2D eigenvalue weighted by molar-refractivity contribution is 0.0794. The van der Waals surface area contributed by atoms with Gasteiger partial charge in [-0.2, -0.15) is 10.2 Å². The lowest BCUT2D eigenvalue weighted by atomic mass is 10.1. The van der Waals surface area contributed by atoms with Gasteiger partial charge in [0.15, 0.2) is 0 Å². The highest BCUT2D eigenvalue weighted by Gasteiger charge is 2.15. The van der Waals surface area contributed by atoms with Crippen LogP contribution in [0.1, 0.15) is 28.2 Å². The molecule has 0 bridgehead atoms. The van der Waals surface area contributed by atoms with Crippen LogP contribution in [0.5, 0.6) is 0 Å². The molecule has 1 amide bonds. The Labute approximate surface area is 104 Å². The summed E-state index contributed by atoms with van der Waals surface area (Å²) >= 11 is 3.35. The van der Waals surface area contributed by atoms with Crippen molar-refractivity contribution in [1.29, 1.82) is 0 Å². The Kier molecular flexibility index (Phi) is 4.86. The Morgan fingerprint density at radius 2 is 2.12 bits per heavy atom. The van der Waals surface area contributed by atoms with E-state index in [0.29, 0.717) is 11.3 Å². The second-order valence-corrected chi connectivity index (χ2v) is 4.55. The third-order valence-corrected chi connectivity index (χ3v) is 2.87. The van der Waals surface area contributed by atoms with Crippen LogP contribution in [0.3, 0.4) is 0 Å². The van der Waals surface area contributed by atoms with Crippen LogP contribution >= 0.6 is 15.9 Å². The van der Waals surface area contributed by atoms with Gasteiger partial charge < -0.3 is 4.90 Å². The molecule has 0 saturated carbocycles. The molecule has 0 spiro atoms. The Morgan fingerprint density at radius 1 is 1.44 bits per heavy atom. The van der Waals surface area contributed by atoms with Crippen LogP contribution < -0.4 is 0 Å². The number of halogens is 1. The summed E-state index contributed by atoms with van der Waals surface area (Å²) in [7, 11) is 1.81. The molecule has 0 fully saturated rings. The van der Waals surface area contributed by atoms with Gasteiger partial charge in [-0.25, -0.2) is 0 Å². The minimum absolute atomic E-state index is 0.0106. The van der Waals surface area contributed by atoms with Crippen LogP contribution in [-0.4, -0.2) is 39.9 Å². The maximum absolute atomic E-state index is 12.1. The lowest BCUT2D eigenvalue weighted by Gasteiger charge is -2.17. The van der Waals surface area contributed by atoms with Crippen LogP contribution in [0.4, 0.5) is 0 Å². The van der Waals surface area contributed by atoms with Crippen LogP contribution in [0.2, 0.25) is 0 Å². The second kappa shape index (κ2) is 5.94. The van der Waals surface area contributed by atoms with Gasteiger partial charge >= 0.3 is 0 Å². The monoisotopic (exact) mass is 285 g/mol. The molecule has 0 aliphatic rings. The Balaban J connectivity index is 2.83. The van der Waals surface area contributed by atoms with E-state index in [4.69, 9.17) is 0 Å². The third kappa shape index (κ3) is 3.27. The minimum atomic E-state index is 0.0106. The van der Waals surface area contributed by atoms with Crippen LogP contribution in [-0.2, 0) is 0 Å². The van der Waals surface area contributed by atoms with Gasteiger partial charge in [-0.05, 0) is 26.3 Å². The van der Waals surface area contributed by atoms with Gasteiger partial charge in [0.25, 0.3) is 5.91 Å². The molecule has 1 aromatic rings. The molecule has 0 aromatic carbocycles. The van der Waals surface area contributed by atoms with Gasteiger partial charge in [-0.15, -0.1) is 0 Å². The Bertz CT molecular complexity index is 381. The van der Waals surface area contributed by atoms with Gasteiger partial charge in [0, 0.05) is 18.9 Å². The van der Waals surface area contributed by atoms with Crippen molar-refractivity contribution in [2.75, 3.05) is 18.9 Å². The number of hydrogen-bond acceptors (Lipinski definition) is 3. The minimum Gasteiger partial charge on any atom is -0.342 e. The smallest absolute Gasteiger partial charge is 0.255 e. The second-order valence-electron chi connectivity index (χ2n) is 3.75. The zero-order chi connectivity index (χ0) is 12.1. The number of carbonyl (C=O) groups is 1. The van der Waals surface area contributed by atoms with Crippen molar-refractivity contribution in [2.45, 2.75) is 20.3 Å². The molecule has 0 unspecified atom stereocenters. The normalized spacial score (nSPS) is 10.2. The molecule has 0 N–H and O–H groups in total. The highest BCUT2D eigenvalue weighted by atomic mass is 79.9. The molecule has 0 atom stereocenters. The summed E-state index contributed by atoms with van der Waals surface area (Å²) in [6, 6.07) is 1.79. The topological polar surface area (TPSA) is 46.1 Å². The number of rotatable bonds is 4. The summed E-state index contributed by atoms with van der Waals surface area (Å²) in [4.78, 5) is 13.8. The predicted molar refractivity (Wildman–Crippen MR) is 66.9 cm³/mol. The molecule has 1 aromatic heterocycles. The fourth-order valence-electron chi connectivity index (χ4n) is 1.37. The number of aryl methyl sites for hydroxylation is 2. The van der Waals surface area contributed by atoms with Gasteiger partial charge in [0.1, 0.15) is 0 Å². The molecule has 1 rings (SSSR count). The summed E-state index contributed by atoms with van der Waals surface area (Å²) in [6.45, 7) is 4.38. The van der Waals surface area contributed by atoms with Gasteiger partial charge in [0.05, 0.1) is 17.0 Å².